The molecule has 2 bridgehead atoms. The normalized spacial score (nSPS) is 43.7. The smallest absolute Gasteiger partial charge is 0.335 e. The molecule has 16 nitrogen and oxygen atoms in total. The summed E-state index contributed by atoms with van der Waals surface area (Å²) in [5.74, 6) is -3.44. The molecular formula is C55H79NO15. The third-order valence-electron chi connectivity index (χ3n) is 15.4. The number of allylic oxidation sites excluding steroid dienone is 2. The predicted octanol–water partition coefficient (Wildman–Crippen LogP) is 6.60. The maximum atomic E-state index is 14.3. The number of likely N-dealkylation sites (N-methyl/N-ethyl adjacent to an activating group) is 1. The molecule has 6 heterocycles. The summed E-state index contributed by atoms with van der Waals surface area (Å²) >= 11 is 0. The van der Waals surface area contributed by atoms with Crippen molar-refractivity contribution in [1.29, 1.82) is 0 Å². The molecule has 0 saturated carbocycles. The van der Waals surface area contributed by atoms with Crippen LogP contribution in [0, 0.1) is 23.7 Å². The maximum absolute atomic E-state index is 14.3. The van der Waals surface area contributed by atoms with Gasteiger partial charge in [0.1, 0.15) is 35.9 Å². The molecule has 1 aromatic carbocycles. The molecular weight excluding hydrogens is 915 g/mol. The van der Waals surface area contributed by atoms with Gasteiger partial charge in [0.25, 0.3) is 0 Å². The van der Waals surface area contributed by atoms with Crippen LogP contribution < -0.4 is 5.32 Å². The Balaban J connectivity index is 0.000000741. The zero-order valence-electron chi connectivity index (χ0n) is 43.3. The van der Waals surface area contributed by atoms with Crippen LogP contribution in [0.15, 0.2) is 89.6 Å². The number of carbonyl (C=O) groups excluding carboxylic acids is 1. The van der Waals surface area contributed by atoms with E-state index >= 15 is 0 Å². The molecule has 0 radical (unpaired) electrons. The fourth-order valence-corrected chi connectivity index (χ4v) is 11.5. The first-order valence-electron chi connectivity index (χ1n) is 25.4. The standard InChI is InChI=1S/C48H73NO13.C7H6O2/c1-25(2)42-28(5)17-18-47(62-42)23-34-20-33(61-47)16-15-27(4)43(26(3)13-12-14-32-24-55-45-41(50)29(6)19-35(46(51)58-34)48(32,45)52)59-39-22-37(54-11)44(31(8)57-39)60-38-21-36(53-10)40(49-9)30(7)56-38;8-7(9)6-4-2-1-3-5-6/h12-15,17-19,25-26,28,30-31,33-45,49-50,52H,16,20-24H2,1-11H3;1-5H,(H,8,9)/b13-12+,27-15+,32-14+;/t26-,28-,30-,31-,33+,34-,35-,36-,37-,38-,39-,40-,41+,42+,43-,44-,45+,47+,48+;/m0./s1. The van der Waals surface area contributed by atoms with Gasteiger partial charge >= 0.3 is 11.9 Å². The number of carboxylic acid groups (broad SMARTS) is 1. The van der Waals surface area contributed by atoms with Crippen LogP contribution in [-0.2, 0) is 52.2 Å². The molecule has 19 atom stereocenters. The summed E-state index contributed by atoms with van der Waals surface area (Å²) in [6.07, 6.45) is 9.72. The number of fused-ring (bicyclic) bond motifs is 2. The first kappa shape index (κ1) is 55.1. The van der Waals surface area contributed by atoms with Crippen LogP contribution in [0.2, 0.25) is 0 Å². The second-order valence-corrected chi connectivity index (χ2v) is 20.8. The van der Waals surface area contributed by atoms with Crippen molar-refractivity contribution in [2.24, 2.45) is 23.7 Å². The number of ether oxygens (including phenoxy) is 10. The number of rotatable bonds is 9. The molecule has 71 heavy (non-hydrogen) atoms. The van der Waals surface area contributed by atoms with Gasteiger partial charge in [0.2, 0.25) is 0 Å². The number of esters is 1. The van der Waals surface area contributed by atoms with Crippen LogP contribution in [0.1, 0.15) is 97.9 Å². The van der Waals surface area contributed by atoms with Crippen LogP contribution in [-0.4, -0.2) is 152 Å². The molecule has 8 rings (SSSR count). The summed E-state index contributed by atoms with van der Waals surface area (Å²) in [6.45, 7) is 16.3. The Morgan fingerprint density at radius 3 is 2.23 bits per heavy atom. The molecule has 0 unspecified atom stereocenters. The monoisotopic (exact) mass is 994 g/mol. The summed E-state index contributed by atoms with van der Waals surface area (Å²) in [5, 5.41) is 35.4. The van der Waals surface area contributed by atoms with Crippen molar-refractivity contribution < 1.29 is 72.3 Å². The number of nitrogens with one attached hydrogen (secondary N) is 1. The Hall–Kier alpha value is -3.62. The second kappa shape index (κ2) is 23.7. The lowest BCUT2D eigenvalue weighted by Gasteiger charge is -2.48. The topological polar surface area (TPSA) is 199 Å². The van der Waals surface area contributed by atoms with Crippen LogP contribution >= 0.6 is 0 Å². The van der Waals surface area contributed by atoms with Crippen LogP contribution in [0.4, 0.5) is 0 Å². The minimum atomic E-state index is -1.83. The van der Waals surface area contributed by atoms with E-state index < -0.39 is 72.3 Å². The maximum Gasteiger partial charge on any atom is 0.335 e. The second-order valence-electron chi connectivity index (χ2n) is 20.8. The number of aliphatic hydroxyl groups is 2. The number of carboxylic acids is 1. The Kier molecular flexibility index (Phi) is 18.4. The van der Waals surface area contributed by atoms with Gasteiger partial charge in [-0.1, -0.05) is 82.4 Å². The lowest BCUT2D eigenvalue weighted by Crippen LogP contribution is -2.58. The van der Waals surface area contributed by atoms with E-state index in [1.165, 1.54) is 0 Å². The van der Waals surface area contributed by atoms with Crippen LogP contribution in [0.3, 0.4) is 0 Å². The van der Waals surface area contributed by atoms with Crippen molar-refractivity contribution in [3.63, 3.8) is 0 Å². The number of aromatic carboxylic acids is 1. The number of hydrogen-bond acceptors (Lipinski definition) is 15. The molecule has 1 spiro atoms. The minimum Gasteiger partial charge on any atom is -0.478 e. The van der Waals surface area contributed by atoms with Crippen molar-refractivity contribution in [3.05, 3.63) is 95.1 Å². The Morgan fingerprint density at radius 2 is 1.56 bits per heavy atom. The van der Waals surface area contributed by atoms with Crippen molar-refractivity contribution in [3.8, 4) is 0 Å². The zero-order chi connectivity index (χ0) is 51.4. The van der Waals surface area contributed by atoms with Crippen molar-refractivity contribution >= 4 is 11.9 Å². The Bertz CT molecular complexity index is 2130. The van der Waals surface area contributed by atoms with E-state index in [-0.39, 0.29) is 67.0 Å². The van der Waals surface area contributed by atoms with Crippen molar-refractivity contribution in [1.82, 2.24) is 5.32 Å². The lowest BCUT2D eigenvalue weighted by atomic mass is 9.71. The number of methoxy groups -OCH3 is 2. The molecule has 4 N–H and O–H groups in total. The third-order valence-corrected chi connectivity index (χ3v) is 15.4. The molecule has 6 aliphatic heterocycles. The number of carbonyl (C=O) groups is 2. The van der Waals surface area contributed by atoms with E-state index in [2.05, 4.69) is 52.1 Å². The van der Waals surface area contributed by atoms with Gasteiger partial charge in [0.15, 0.2) is 18.4 Å². The first-order valence-corrected chi connectivity index (χ1v) is 25.4. The van der Waals surface area contributed by atoms with E-state index in [0.717, 1.165) is 5.57 Å². The van der Waals surface area contributed by atoms with Gasteiger partial charge in [-0.25, -0.2) is 4.79 Å². The van der Waals surface area contributed by atoms with E-state index in [9.17, 15) is 19.8 Å². The van der Waals surface area contributed by atoms with Gasteiger partial charge in [0, 0.05) is 51.7 Å². The van der Waals surface area contributed by atoms with Crippen molar-refractivity contribution in [2.45, 2.75) is 185 Å². The third kappa shape index (κ3) is 12.3. The van der Waals surface area contributed by atoms with Gasteiger partial charge in [-0.05, 0) is 82.0 Å². The average molecular weight is 994 g/mol. The SMILES string of the molecule is CN[C@H]1[C@H](C)O[C@@H](O[C@H]2[C@H](C)O[C@@H](O[C@@H]3/C(C)=C/C[C@@H]4C[C@@H](C[C@]5(C=C[C@H](C)[C@@H](C(C)C)O5)O4)OC(=O)[C@@H]4C=C(C)[C@@H](O)[C@H]5OC/C(=C\C=C\[C@@H]3C)[C@]54O)C[C@@H]2OC)C[C@@H]1OC.O=C(O)c1ccccc1. The fourth-order valence-electron chi connectivity index (χ4n) is 11.5. The first-order chi connectivity index (χ1) is 33.8. The number of hydrogen-bond donors (Lipinski definition) is 4. The molecule has 394 valence electrons. The van der Waals surface area contributed by atoms with Gasteiger partial charge in [-0.2, -0.15) is 0 Å². The van der Waals surface area contributed by atoms with Gasteiger partial charge in [-0.15, -0.1) is 0 Å². The molecule has 1 aromatic rings. The summed E-state index contributed by atoms with van der Waals surface area (Å²) < 4.78 is 64.3. The summed E-state index contributed by atoms with van der Waals surface area (Å²) in [7, 11) is 5.30. The minimum absolute atomic E-state index is 0.0407. The summed E-state index contributed by atoms with van der Waals surface area (Å²) in [4.78, 5) is 24.5. The quantitative estimate of drug-likeness (QED) is 0.152. The highest BCUT2D eigenvalue weighted by atomic mass is 16.7. The van der Waals surface area contributed by atoms with E-state index in [1.807, 2.05) is 39.1 Å². The largest absolute Gasteiger partial charge is 0.478 e. The van der Waals surface area contributed by atoms with Crippen LogP contribution in [0.25, 0.3) is 0 Å². The molecule has 0 amide bonds. The zero-order valence-corrected chi connectivity index (χ0v) is 43.3. The Morgan fingerprint density at radius 1 is 0.873 bits per heavy atom. The van der Waals surface area contributed by atoms with E-state index in [0.29, 0.717) is 48.8 Å². The molecule has 4 fully saturated rings. The molecule has 4 saturated heterocycles. The molecule has 0 aromatic heterocycles. The Labute approximate surface area is 419 Å². The highest BCUT2D eigenvalue weighted by Crippen LogP contribution is 2.47. The van der Waals surface area contributed by atoms with E-state index in [1.54, 1.807) is 63.6 Å². The predicted molar refractivity (Wildman–Crippen MR) is 263 cm³/mol. The van der Waals surface area contributed by atoms with E-state index in [4.69, 9.17) is 52.5 Å². The van der Waals surface area contributed by atoms with Gasteiger partial charge in [-0.3, -0.25) is 4.79 Å². The van der Waals surface area contributed by atoms with Crippen molar-refractivity contribution in [2.75, 3.05) is 27.9 Å². The highest BCUT2D eigenvalue weighted by molar-refractivity contribution is 5.87. The lowest BCUT2D eigenvalue weighted by molar-refractivity contribution is -0.312. The number of aliphatic hydroxyl groups excluding tert-OH is 1. The molecule has 16 heteroatoms. The number of benzene rings is 1. The van der Waals surface area contributed by atoms with Gasteiger partial charge < -0.3 is 68.0 Å². The van der Waals surface area contributed by atoms with Crippen LogP contribution in [0.5, 0.6) is 0 Å². The average Bonchev–Trinajstić information content (AvgIpc) is 3.68. The molecule has 7 aliphatic rings. The fraction of sp³-hybridized carbons (Fsp3) is 0.673. The van der Waals surface area contributed by atoms with Gasteiger partial charge in [0.05, 0.1) is 60.9 Å². The summed E-state index contributed by atoms with van der Waals surface area (Å²) in [6, 6.07) is 8.34. The molecule has 1 aliphatic carbocycles. The summed E-state index contributed by atoms with van der Waals surface area (Å²) in [5.41, 5.74) is 0.507. The highest BCUT2D eigenvalue weighted by Gasteiger charge is 2.60.